The Labute approximate surface area is 97.5 Å². The molecule has 0 spiro atoms. The summed E-state index contributed by atoms with van der Waals surface area (Å²) in [6.45, 7) is 4.27. The molecule has 1 atom stereocenters. The zero-order valence-electron chi connectivity index (χ0n) is 10.5. The van der Waals surface area contributed by atoms with Gasteiger partial charge in [0.05, 0.1) is 23.5 Å². The highest BCUT2D eigenvalue weighted by atomic mass is 16.5. The van der Waals surface area contributed by atoms with Crippen LogP contribution in [0.5, 0.6) is 0 Å². The van der Waals surface area contributed by atoms with E-state index in [1.54, 1.807) is 25.7 Å². The average molecular weight is 223 g/mol. The second kappa shape index (κ2) is 5.92. The maximum absolute atomic E-state index is 5.71. The summed E-state index contributed by atoms with van der Waals surface area (Å²) in [6.07, 6.45) is 7.05. The van der Waals surface area contributed by atoms with Crippen LogP contribution in [-0.4, -0.2) is 29.7 Å². The summed E-state index contributed by atoms with van der Waals surface area (Å²) in [4.78, 5) is 8.47. The van der Waals surface area contributed by atoms with Gasteiger partial charge in [-0.05, 0) is 19.9 Å². The quantitative estimate of drug-likeness (QED) is 0.800. The molecule has 16 heavy (non-hydrogen) atoms. The molecule has 1 aromatic heterocycles. The van der Waals surface area contributed by atoms with Crippen molar-refractivity contribution in [1.29, 1.82) is 0 Å². The first-order chi connectivity index (χ1) is 7.74. The lowest BCUT2D eigenvalue weighted by molar-refractivity contribution is -0.0479. The molecule has 4 heteroatoms. The van der Waals surface area contributed by atoms with Gasteiger partial charge in [0.2, 0.25) is 0 Å². The summed E-state index contributed by atoms with van der Waals surface area (Å²) >= 11 is 0. The lowest BCUT2D eigenvalue weighted by atomic mass is 9.86. The van der Waals surface area contributed by atoms with Gasteiger partial charge < -0.3 is 10.1 Å². The molecule has 1 aromatic rings. The van der Waals surface area contributed by atoms with Crippen molar-refractivity contribution in [3.8, 4) is 0 Å². The molecule has 0 aliphatic rings. The molecule has 1 rings (SSSR count). The van der Waals surface area contributed by atoms with Crippen molar-refractivity contribution >= 4 is 0 Å². The molecule has 1 heterocycles. The van der Waals surface area contributed by atoms with E-state index >= 15 is 0 Å². The van der Waals surface area contributed by atoms with Crippen molar-refractivity contribution in [3.63, 3.8) is 0 Å². The summed E-state index contributed by atoms with van der Waals surface area (Å²) in [6, 6.07) is 0.0706. The van der Waals surface area contributed by atoms with E-state index in [-0.39, 0.29) is 11.6 Å². The first-order valence-corrected chi connectivity index (χ1v) is 5.72. The van der Waals surface area contributed by atoms with Crippen LogP contribution in [-0.2, 0) is 4.74 Å². The van der Waals surface area contributed by atoms with Gasteiger partial charge in [0.15, 0.2) is 0 Å². The zero-order chi connectivity index (χ0) is 12.0. The zero-order valence-corrected chi connectivity index (χ0v) is 10.5. The molecular weight excluding hydrogens is 202 g/mol. The molecule has 4 nitrogen and oxygen atoms in total. The molecule has 90 valence electrons. The minimum Gasteiger partial charge on any atom is -0.376 e. The summed E-state index contributed by atoms with van der Waals surface area (Å²) in [5.74, 6) is 0. The smallest absolute Gasteiger partial charge is 0.0883 e. The summed E-state index contributed by atoms with van der Waals surface area (Å²) < 4.78 is 5.71. The number of methoxy groups -OCH3 is 1. The van der Waals surface area contributed by atoms with Crippen molar-refractivity contribution in [1.82, 2.24) is 15.3 Å². The van der Waals surface area contributed by atoms with Gasteiger partial charge >= 0.3 is 0 Å². The third kappa shape index (κ3) is 2.39. The number of aromatic nitrogens is 2. The lowest BCUT2D eigenvalue weighted by Crippen LogP contribution is -2.44. The normalized spacial score (nSPS) is 13.8. The molecule has 0 bridgehead atoms. The monoisotopic (exact) mass is 223 g/mol. The van der Waals surface area contributed by atoms with Gasteiger partial charge in [0, 0.05) is 19.5 Å². The van der Waals surface area contributed by atoms with Gasteiger partial charge in [-0.25, -0.2) is 0 Å². The molecule has 1 unspecified atom stereocenters. The fourth-order valence-electron chi connectivity index (χ4n) is 2.20. The average Bonchev–Trinajstić information content (AvgIpc) is 2.37. The Kier molecular flexibility index (Phi) is 4.83. The number of nitrogens with one attached hydrogen (secondary N) is 1. The van der Waals surface area contributed by atoms with Gasteiger partial charge in [-0.2, -0.15) is 0 Å². The molecule has 0 aliphatic carbocycles. The topological polar surface area (TPSA) is 47.0 Å². The van der Waals surface area contributed by atoms with E-state index in [9.17, 15) is 0 Å². The Balaban J connectivity index is 3.05. The van der Waals surface area contributed by atoms with Crippen LogP contribution in [0.3, 0.4) is 0 Å². The number of ether oxygens (including phenoxy) is 1. The summed E-state index contributed by atoms with van der Waals surface area (Å²) in [5, 5.41) is 3.28. The highest BCUT2D eigenvalue weighted by molar-refractivity contribution is 5.09. The first kappa shape index (κ1) is 13.1. The Morgan fingerprint density at radius 1 is 1.38 bits per heavy atom. The van der Waals surface area contributed by atoms with Crippen molar-refractivity contribution in [3.05, 3.63) is 24.3 Å². The van der Waals surface area contributed by atoms with Crippen LogP contribution in [0, 0.1) is 0 Å². The van der Waals surface area contributed by atoms with E-state index in [0.29, 0.717) is 0 Å². The van der Waals surface area contributed by atoms with Gasteiger partial charge in [0.1, 0.15) is 0 Å². The summed E-state index contributed by atoms with van der Waals surface area (Å²) in [7, 11) is 3.69. The molecule has 0 aliphatic heterocycles. The minimum atomic E-state index is -0.217. The predicted octanol–water partition coefficient (Wildman–Crippen LogP) is 1.94. The Hall–Kier alpha value is -1.00. The highest BCUT2D eigenvalue weighted by Crippen LogP contribution is 2.33. The summed E-state index contributed by atoms with van der Waals surface area (Å²) in [5.41, 5.74) is 0.709. The van der Waals surface area contributed by atoms with Gasteiger partial charge in [-0.15, -0.1) is 0 Å². The van der Waals surface area contributed by atoms with Crippen LogP contribution in [0.2, 0.25) is 0 Å². The van der Waals surface area contributed by atoms with Crippen LogP contribution in [0.4, 0.5) is 0 Å². The van der Waals surface area contributed by atoms with Crippen LogP contribution >= 0.6 is 0 Å². The molecule has 0 saturated heterocycles. The molecule has 0 saturated carbocycles. The third-order valence-corrected chi connectivity index (χ3v) is 3.30. The molecular formula is C12H21N3O. The fourth-order valence-corrected chi connectivity index (χ4v) is 2.20. The van der Waals surface area contributed by atoms with Crippen LogP contribution in [0.15, 0.2) is 18.6 Å². The Morgan fingerprint density at radius 3 is 2.44 bits per heavy atom. The van der Waals surface area contributed by atoms with E-state index in [1.807, 2.05) is 7.05 Å². The van der Waals surface area contributed by atoms with Crippen molar-refractivity contribution in [2.24, 2.45) is 0 Å². The van der Waals surface area contributed by atoms with Gasteiger partial charge in [-0.3, -0.25) is 9.97 Å². The van der Waals surface area contributed by atoms with Crippen molar-refractivity contribution in [2.45, 2.75) is 38.3 Å². The minimum absolute atomic E-state index is 0.0706. The van der Waals surface area contributed by atoms with Crippen molar-refractivity contribution in [2.75, 3.05) is 14.2 Å². The molecule has 0 amide bonds. The number of hydrogen-bond acceptors (Lipinski definition) is 4. The number of rotatable bonds is 6. The molecule has 1 N–H and O–H groups in total. The molecule has 0 radical (unpaired) electrons. The number of likely N-dealkylation sites (N-methyl/N-ethyl adjacent to an activating group) is 1. The van der Waals surface area contributed by atoms with Crippen molar-refractivity contribution < 1.29 is 4.74 Å². The predicted molar refractivity (Wildman–Crippen MR) is 64.2 cm³/mol. The van der Waals surface area contributed by atoms with E-state index in [4.69, 9.17) is 4.74 Å². The molecule has 0 aromatic carbocycles. The second-order valence-corrected chi connectivity index (χ2v) is 3.83. The highest BCUT2D eigenvalue weighted by Gasteiger charge is 2.36. The van der Waals surface area contributed by atoms with Gasteiger partial charge in [-0.1, -0.05) is 13.8 Å². The molecule has 0 fully saturated rings. The van der Waals surface area contributed by atoms with E-state index in [2.05, 4.69) is 29.1 Å². The van der Waals surface area contributed by atoms with E-state index in [0.717, 1.165) is 18.5 Å². The van der Waals surface area contributed by atoms with Gasteiger partial charge in [0.25, 0.3) is 0 Å². The SMILES string of the molecule is CCC(CC)(OC)C(NC)c1cnccn1. The van der Waals surface area contributed by atoms with E-state index in [1.165, 1.54) is 0 Å². The first-order valence-electron chi connectivity index (χ1n) is 5.72. The second-order valence-electron chi connectivity index (χ2n) is 3.83. The Morgan fingerprint density at radius 2 is 2.06 bits per heavy atom. The van der Waals surface area contributed by atoms with Crippen LogP contribution in [0.1, 0.15) is 38.4 Å². The Bertz CT molecular complexity index is 290. The standard InChI is InChI=1S/C12H21N3O/c1-5-12(6-2,16-4)11(13-3)10-9-14-7-8-15-10/h7-9,11,13H,5-6H2,1-4H3. The largest absolute Gasteiger partial charge is 0.376 e. The maximum atomic E-state index is 5.71. The maximum Gasteiger partial charge on any atom is 0.0883 e. The number of hydrogen-bond donors (Lipinski definition) is 1. The fraction of sp³-hybridized carbons (Fsp3) is 0.667. The number of nitrogens with zero attached hydrogens (tertiary/aromatic N) is 2. The lowest BCUT2D eigenvalue weighted by Gasteiger charge is -2.37. The third-order valence-electron chi connectivity index (χ3n) is 3.30. The van der Waals surface area contributed by atoms with Crippen LogP contribution < -0.4 is 5.32 Å². The van der Waals surface area contributed by atoms with E-state index < -0.39 is 0 Å². The van der Waals surface area contributed by atoms with Crippen LogP contribution in [0.25, 0.3) is 0 Å².